The monoisotopic (exact) mass is 261 g/mol. The van der Waals surface area contributed by atoms with Gasteiger partial charge in [-0.05, 0) is 43.5 Å². The van der Waals surface area contributed by atoms with Crippen LogP contribution >= 0.6 is 12.4 Å². The fraction of sp³-hybridized carbons (Fsp3) is 0.250. The van der Waals surface area contributed by atoms with Crippen LogP contribution in [0.5, 0.6) is 0 Å². The standard InChI is InChI=1S/C16H19N.ClH/c1-12-4-3-5-15(10-12)16-11-13(2)6-7-14(16)8-9-17;/h3-7,10-11H,8-9,17H2,1-2H3;1H. The number of aryl methyl sites for hydroxylation is 2. The lowest BCUT2D eigenvalue weighted by Gasteiger charge is -2.11. The van der Waals surface area contributed by atoms with E-state index in [-0.39, 0.29) is 12.4 Å². The highest BCUT2D eigenvalue weighted by molar-refractivity contribution is 5.85. The minimum absolute atomic E-state index is 0. The molecule has 0 saturated carbocycles. The highest BCUT2D eigenvalue weighted by atomic mass is 35.5. The average molecular weight is 262 g/mol. The van der Waals surface area contributed by atoms with Gasteiger partial charge in [0.05, 0.1) is 0 Å². The van der Waals surface area contributed by atoms with Crippen molar-refractivity contribution in [3.63, 3.8) is 0 Å². The van der Waals surface area contributed by atoms with E-state index in [4.69, 9.17) is 5.73 Å². The lowest BCUT2D eigenvalue weighted by atomic mass is 9.95. The Labute approximate surface area is 115 Å². The molecule has 1 nitrogen and oxygen atoms in total. The van der Waals surface area contributed by atoms with Crippen LogP contribution < -0.4 is 5.73 Å². The summed E-state index contributed by atoms with van der Waals surface area (Å²) in [6.07, 6.45) is 0.934. The molecule has 0 bridgehead atoms. The minimum atomic E-state index is 0. The third-order valence-electron chi connectivity index (χ3n) is 3.01. The molecule has 0 fully saturated rings. The van der Waals surface area contributed by atoms with Gasteiger partial charge in [0.25, 0.3) is 0 Å². The predicted octanol–water partition coefficient (Wildman–Crippen LogP) is 3.89. The third kappa shape index (κ3) is 3.34. The summed E-state index contributed by atoms with van der Waals surface area (Å²) < 4.78 is 0. The van der Waals surface area contributed by atoms with Crippen LogP contribution in [0.2, 0.25) is 0 Å². The van der Waals surface area contributed by atoms with Gasteiger partial charge < -0.3 is 5.73 Å². The molecule has 0 saturated heterocycles. The Kier molecular flexibility index (Phi) is 5.39. The quantitative estimate of drug-likeness (QED) is 0.891. The molecule has 2 heteroatoms. The van der Waals surface area contributed by atoms with Gasteiger partial charge in [0.2, 0.25) is 0 Å². The maximum atomic E-state index is 5.68. The first-order chi connectivity index (χ1) is 8.20. The number of nitrogens with two attached hydrogens (primary N) is 1. The number of hydrogen-bond donors (Lipinski definition) is 1. The zero-order valence-corrected chi connectivity index (χ0v) is 11.8. The number of rotatable bonds is 3. The minimum Gasteiger partial charge on any atom is -0.330 e. The molecule has 0 aliphatic rings. The molecule has 96 valence electrons. The molecule has 18 heavy (non-hydrogen) atoms. The molecule has 2 N–H and O–H groups in total. The molecule has 2 rings (SSSR count). The van der Waals surface area contributed by atoms with Crippen molar-refractivity contribution in [3.05, 3.63) is 59.2 Å². The summed E-state index contributed by atoms with van der Waals surface area (Å²) in [5.74, 6) is 0. The number of halogens is 1. The molecule has 2 aromatic rings. The molecule has 0 amide bonds. The van der Waals surface area contributed by atoms with Gasteiger partial charge in [0.1, 0.15) is 0 Å². The van der Waals surface area contributed by atoms with E-state index in [1.807, 2.05) is 0 Å². The fourth-order valence-electron chi connectivity index (χ4n) is 2.15. The van der Waals surface area contributed by atoms with Crippen molar-refractivity contribution in [3.8, 4) is 11.1 Å². The summed E-state index contributed by atoms with van der Waals surface area (Å²) in [6, 6.07) is 15.2. The Bertz CT molecular complexity index is 520. The Morgan fingerprint density at radius 1 is 0.944 bits per heavy atom. The molecular weight excluding hydrogens is 242 g/mol. The maximum absolute atomic E-state index is 5.68. The van der Waals surface area contributed by atoms with E-state index in [1.54, 1.807) is 0 Å². The largest absolute Gasteiger partial charge is 0.330 e. The number of benzene rings is 2. The van der Waals surface area contributed by atoms with Crippen LogP contribution in [0.4, 0.5) is 0 Å². The summed E-state index contributed by atoms with van der Waals surface area (Å²) in [4.78, 5) is 0. The Morgan fingerprint density at radius 2 is 1.67 bits per heavy atom. The van der Waals surface area contributed by atoms with E-state index in [0.29, 0.717) is 6.54 Å². The van der Waals surface area contributed by atoms with Crippen LogP contribution in [0, 0.1) is 13.8 Å². The average Bonchev–Trinajstić information content (AvgIpc) is 2.32. The first-order valence-electron chi connectivity index (χ1n) is 6.07. The van der Waals surface area contributed by atoms with E-state index >= 15 is 0 Å². The molecule has 0 aliphatic carbocycles. The highest BCUT2D eigenvalue weighted by Crippen LogP contribution is 2.26. The first kappa shape index (κ1) is 14.7. The summed E-state index contributed by atoms with van der Waals surface area (Å²) in [6.45, 7) is 4.95. The first-order valence-corrected chi connectivity index (χ1v) is 6.07. The molecule has 0 unspecified atom stereocenters. The van der Waals surface area contributed by atoms with Crippen LogP contribution in [-0.2, 0) is 6.42 Å². The SMILES string of the molecule is Cc1cccc(-c2cc(C)ccc2CCN)c1.Cl. The zero-order chi connectivity index (χ0) is 12.3. The van der Waals surface area contributed by atoms with Gasteiger partial charge >= 0.3 is 0 Å². The predicted molar refractivity (Wildman–Crippen MR) is 81.4 cm³/mol. The van der Waals surface area contributed by atoms with Gasteiger partial charge in [-0.1, -0.05) is 53.6 Å². The lowest BCUT2D eigenvalue weighted by Crippen LogP contribution is -2.04. The van der Waals surface area contributed by atoms with Crippen LogP contribution in [0.15, 0.2) is 42.5 Å². The highest BCUT2D eigenvalue weighted by Gasteiger charge is 2.05. The summed E-state index contributed by atoms with van der Waals surface area (Å²) in [5, 5.41) is 0. The van der Waals surface area contributed by atoms with E-state index < -0.39 is 0 Å². The lowest BCUT2D eigenvalue weighted by molar-refractivity contribution is 0.969. The van der Waals surface area contributed by atoms with Crippen molar-refractivity contribution < 1.29 is 0 Å². The van der Waals surface area contributed by atoms with Crippen molar-refractivity contribution in [2.45, 2.75) is 20.3 Å². The Hall–Kier alpha value is -1.31. The molecule has 0 heterocycles. The zero-order valence-electron chi connectivity index (χ0n) is 10.9. The van der Waals surface area contributed by atoms with Gasteiger partial charge in [-0.3, -0.25) is 0 Å². The summed E-state index contributed by atoms with van der Waals surface area (Å²) in [5.41, 5.74) is 12.2. The van der Waals surface area contributed by atoms with Crippen LogP contribution in [-0.4, -0.2) is 6.54 Å². The van der Waals surface area contributed by atoms with Crippen LogP contribution in [0.25, 0.3) is 11.1 Å². The van der Waals surface area contributed by atoms with Crippen molar-refractivity contribution in [1.29, 1.82) is 0 Å². The van der Waals surface area contributed by atoms with Gasteiger partial charge in [-0.15, -0.1) is 12.4 Å². The normalized spacial score (nSPS) is 9.94. The smallest absolute Gasteiger partial charge is 0.00365 e. The molecule has 2 aromatic carbocycles. The van der Waals surface area contributed by atoms with E-state index in [9.17, 15) is 0 Å². The molecule has 0 aliphatic heterocycles. The molecule has 0 atom stereocenters. The van der Waals surface area contributed by atoms with Gasteiger partial charge in [-0.25, -0.2) is 0 Å². The van der Waals surface area contributed by atoms with Crippen molar-refractivity contribution in [1.82, 2.24) is 0 Å². The second kappa shape index (κ2) is 6.58. The molecule has 0 radical (unpaired) electrons. The van der Waals surface area contributed by atoms with Crippen molar-refractivity contribution in [2.75, 3.05) is 6.54 Å². The van der Waals surface area contributed by atoms with Crippen LogP contribution in [0.3, 0.4) is 0 Å². The van der Waals surface area contributed by atoms with E-state index in [1.165, 1.54) is 27.8 Å². The Morgan fingerprint density at radius 3 is 2.33 bits per heavy atom. The topological polar surface area (TPSA) is 26.0 Å². The molecule has 0 spiro atoms. The second-order valence-electron chi connectivity index (χ2n) is 4.57. The van der Waals surface area contributed by atoms with Gasteiger partial charge in [0, 0.05) is 0 Å². The van der Waals surface area contributed by atoms with Crippen LogP contribution in [0.1, 0.15) is 16.7 Å². The molecule has 0 aromatic heterocycles. The van der Waals surface area contributed by atoms with Crippen molar-refractivity contribution in [2.24, 2.45) is 5.73 Å². The van der Waals surface area contributed by atoms with E-state index in [2.05, 4.69) is 56.3 Å². The number of hydrogen-bond acceptors (Lipinski definition) is 1. The maximum Gasteiger partial charge on any atom is -0.00365 e. The van der Waals surface area contributed by atoms with E-state index in [0.717, 1.165) is 6.42 Å². The molecular formula is C16H20ClN. The summed E-state index contributed by atoms with van der Waals surface area (Å²) >= 11 is 0. The van der Waals surface area contributed by atoms with Crippen molar-refractivity contribution >= 4 is 12.4 Å². The third-order valence-corrected chi connectivity index (χ3v) is 3.01. The fourth-order valence-corrected chi connectivity index (χ4v) is 2.15. The second-order valence-corrected chi connectivity index (χ2v) is 4.57. The van der Waals surface area contributed by atoms with Gasteiger partial charge in [0.15, 0.2) is 0 Å². The Balaban J connectivity index is 0.00000162. The van der Waals surface area contributed by atoms with Gasteiger partial charge in [-0.2, -0.15) is 0 Å². The summed E-state index contributed by atoms with van der Waals surface area (Å²) in [7, 11) is 0.